The Morgan fingerprint density at radius 2 is 2.15 bits per heavy atom. The second-order valence-corrected chi connectivity index (χ2v) is 3.65. The molecule has 0 aliphatic carbocycles. The summed E-state index contributed by atoms with van der Waals surface area (Å²) in [7, 11) is 1.65. The van der Waals surface area contributed by atoms with Gasteiger partial charge in [0.25, 0.3) is 0 Å². The summed E-state index contributed by atoms with van der Waals surface area (Å²) in [5.41, 5.74) is 0. The first-order valence-electron chi connectivity index (χ1n) is 4.72. The minimum Gasteiger partial charge on any atom is -0.359 e. The van der Waals surface area contributed by atoms with Gasteiger partial charge in [0.2, 0.25) is 0 Å². The average molecular weight is 298 g/mol. The van der Waals surface area contributed by atoms with Gasteiger partial charge in [-0.25, -0.2) is 0 Å². The van der Waals surface area contributed by atoms with Crippen LogP contribution in [0.2, 0.25) is 0 Å². The fraction of sp³-hybridized carbons (Fsp3) is 0.800. The molecule has 0 spiro atoms. The summed E-state index contributed by atoms with van der Waals surface area (Å²) in [6.07, 6.45) is 7.16. The molecule has 0 saturated carbocycles. The highest BCUT2D eigenvalue weighted by molar-refractivity contribution is 14.1. The summed E-state index contributed by atoms with van der Waals surface area (Å²) in [4.78, 5) is 0. The lowest BCUT2D eigenvalue weighted by Crippen LogP contribution is -2.11. The number of unbranched alkanes of at least 4 members (excludes halogenated alkanes) is 2. The van der Waals surface area contributed by atoms with Crippen molar-refractivity contribution in [2.45, 2.75) is 38.7 Å². The topological polar surface area (TPSA) is 18.5 Å². The third kappa shape index (κ3) is 8.71. The fourth-order valence-corrected chi connectivity index (χ4v) is 1.53. The van der Waals surface area contributed by atoms with Gasteiger partial charge in [-0.15, -0.1) is 0 Å². The maximum atomic E-state index is 5.46. The lowest BCUT2D eigenvalue weighted by Gasteiger charge is -2.12. The third-order valence-corrected chi connectivity index (χ3v) is 2.19. The fourth-order valence-electron chi connectivity index (χ4n) is 1.07. The predicted octanol–water partition coefficient (Wildman–Crippen LogP) is 3.50. The average Bonchev–Trinajstić information content (AvgIpc) is 2.14. The highest BCUT2D eigenvalue weighted by atomic mass is 127. The first-order chi connectivity index (χ1) is 6.35. The summed E-state index contributed by atoms with van der Waals surface area (Å²) >= 11 is 2.21. The van der Waals surface area contributed by atoms with E-state index in [0.717, 1.165) is 6.42 Å². The van der Waals surface area contributed by atoms with Crippen molar-refractivity contribution in [3.63, 3.8) is 0 Å². The molecule has 0 rings (SSSR count). The van der Waals surface area contributed by atoms with Crippen LogP contribution in [0.5, 0.6) is 0 Å². The molecule has 0 saturated heterocycles. The number of hydrogen-bond acceptors (Lipinski definition) is 2. The summed E-state index contributed by atoms with van der Waals surface area (Å²) < 4.78 is 12.3. The van der Waals surface area contributed by atoms with Crippen LogP contribution in [-0.2, 0) is 9.47 Å². The minimum atomic E-state index is 0.225. The zero-order valence-electron chi connectivity index (χ0n) is 8.46. The Morgan fingerprint density at radius 1 is 1.38 bits per heavy atom. The maximum Gasteiger partial charge on any atom is 0.147 e. The molecular weight excluding hydrogens is 279 g/mol. The van der Waals surface area contributed by atoms with Crippen molar-refractivity contribution in [2.75, 3.05) is 13.9 Å². The Balaban J connectivity index is 3.54. The van der Waals surface area contributed by atoms with Crippen LogP contribution in [0.4, 0.5) is 0 Å². The van der Waals surface area contributed by atoms with Gasteiger partial charge >= 0.3 is 0 Å². The minimum absolute atomic E-state index is 0.225. The Bertz CT molecular complexity index is 126. The van der Waals surface area contributed by atoms with E-state index in [1.807, 2.05) is 4.08 Å². The molecule has 0 aromatic heterocycles. The Kier molecular flexibility index (Phi) is 10.8. The van der Waals surface area contributed by atoms with Gasteiger partial charge in [-0.1, -0.05) is 48.8 Å². The van der Waals surface area contributed by atoms with Crippen molar-refractivity contribution >= 4 is 22.6 Å². The van der Waals surface area contributed by atoms with E-state index in [2.05, 4.69) is 35.6 Å². The van der Waals surface area contributed by atoms with E-state index in [1.165, 1.54) is 19.3 Å². The molecule has 0 aliphatic rings. The standard InChI is InChI=1S/C10H19IO2/c1-3-4-5-6-10(7-8-11)13-9-12-2/h7-8,10H,3-6,9H2,1-2H3. The summed E-state index contributed by atoms with van der Waals surface area (Å²) in [6, 6.07) is 0. The Morgan fingerprint density at radius 3 is 2.69 bits per heavy atom. The molecule has 0 amide bonds. The van der Waals surface area contributed by atoms with E-state index in [-0.39, 0.29) is 6.10 Å². The number of rotatable bonds is 8. The molecule has 1 unspecified atom stereocenters. The molecule has 1 atom stereocenters. The molecule has 0 N–H and O–H groups in total. The van der Waals surface area contributed by atoms with Gasteiger partial charge in [0.15, 0.2) is 0 Å². The monoisotopic (exact) mass is 298 g/mol. The lowest BCUT2D eigenvalue weighted by atomic mass is 10.1. The maximum absolute atomic E-state index is 5.46. The normalized spacial score (nSPS) is 13.8. The number of hydrogen-bond donors (Lipinski definition) is 0. The van der Waals surface area contributed by atoms with Gasteiger partial charge in [0.05, 0.1) is 6.10 Å². The van der Waals surface area contributed by atoms with Crippen molar-refractivity contribution in [1.82, 2.24) is 0 Å². The van der Waals surface area contributed by atoms with Crippen LogP contribution >= 0.6 is 22.6 Å². The van der Waals surface area contributed by atoms with E-state index >= 15 is 0 Å². The lowest BCUT2D eigenvalue weighted by molar-refractivity contribution is -0.0579. The molecule has 0 aromatic carbocycles. The molecule has 0 fully saturated rings. The quantitative estimate of drug-likeness (QED) is 0.388. The van der Waals surface area contributed by atoms with Crippen LogP contribution in [0.15, 0.2) is 10.2 Å². The van der Waals surface area contributed by atoms with Crippen molar-refractivity contribution in [3.05, 3.63) is 10.2 Å². The van der Waals surface area contributed by atoms with Gasteiger partial charge in [-0.3, -0.25) is 0 Å². The Hall–Kier alpha value is 0.390. The van der Waals surface area contributed by atoms with Gasteiger partial charge < -0.3 is 9.47 Å². The van der Waals surface area contributed by atoms with Crippen molar-refractivity contribution in [2.24, 2.45) is 0 Å². The van der Waals surface area contributed by atoms with Crippen molar-refractivity contribution in [1.29, 1.82) is 0 Å². The van der Waals surface area contributed by atoms with Crippen LogP contribution < -0.4 is 0 Å². The molecule has 0 aliphatic heterocycles. The first kappa shape index (κ1) is 13.4. The second kappa shape index (κ2) is 10.5. The number of ether oxygens (including phenoxy) is 2. The first-order valence-corrected chi connectivity index (χ1v) is 5.97. The highest BCUT2D eigenvalue weighted by Gasteiger charge is 2.03. The van der Waals surface area contributed by atoms with Crippen LogP contribution in [0, 0.1) is 0 Å². The van der Waals surface area contributed by atoms with Gasteiger partial charge in [0.1, 0.15) is 6.79 Å². The molecule has 2 nitrogen and oxygen atoms in total. The summed E-state index contributed by atoms with van der Waals surface area (Å²) in [5, 5.41) is 0. The van der Waals surface area contributed by atoms with Gasteiger partial charge in [-0.2, -0.15) is 0 Å². The number of halogens is 1. The molecule has 0 aromatic rings. The van der Waals surface area contributed by atoms with E-state index in [9.17, 15) is 0 Å². The van der Waals surface area contributed by atoms with Crippen molar-refractivity contribution in [3.8, 4) is 0 Å². The molecule has 13 heavy (non-hydrogen) atoms. The molecule has 78 valence electrons. The van der Waals surface area contributed by atoms with Crippen molar-refractivity contribution < 1.29 is 9.47 Å². The predicted molar refractivity (Wildman–Crippen MR) is 64.1 cm³/mol. The molecule has 3 heteroatoms. The van der Waals surface area contributed by atoms with Crippen LogP contribution in [-0.4, -0.2) is 20.0 Å². The SMILES string of the molecule is CCCCCC(C=CI)OCOC. The molecule has 0 radical (unpaired) electrons. The number of methoxy groups -OCH3 is 1. The smallest absolute Gasteiger partial charge is 0.147 e. The van der Waals surface area contributed by atoms with E-state index < -0.39 is 0 Å². The second-order valence-electron chi connectivity index (χ2n) is 2.93. The molecule has 0 heterocycles. The zero-order valence-corrected chi connectivity index (χ0v) is 10.6. The highest BCUT2D eigenvalue weighted by Crippen LogP contribution is 2.09. The van der Waals surface area contributed by atoms with Crippen LogP contribution in [0.1, 0.15) is 32.6 Å². The van der Waals surface area contributed by atoms with Gasteiger partial charge in [0, 0.05) is 7.11 Å². The zero-order chi connectivity index (χ0) is 9.94. The van der Waals surface area contributed by atoms with Gasteiger partial charge in [-0.05, 0) is 16.6 Å². The molecular formula is C10H19IO2. The van der Waals surface area contributed by atoms with Crippen LogP contribution in [0.25, 0.3) is 0 Å². The Labute approximate surface area is 94.8 Å². The summed E-state index contributed by atoms with van der Waals surface area (Å²) in [5.74, 6) is 0. The summed E-state index contributed by atoms with van der Waals surface area (Å²) in [6.45, 7) is 2.59. The third-order valence-electron chi connectivity index (χ3n) is 1.78. The van der Waals surface area contributed by atoms with E-state index in [1.54, 1.807) is 7.11 Å². The van der Waals surface area contributed by atoms with E-state index in [4.69, 9.17) is 9.47 Å². The van der Waals surface area contributed by atoms with Crippen LogP contribution in [0.3, 0.4) is 0 Å². The van der Waals surface area contributed by atoms with E-state index in [0.29, 0.717) is 6.79 Å². The largest absolute Gasteiger partial charge is 0.359 e. The molecule has 0 bridgehead atoms.